The van der Waals surface area contributed by atoms with Crippen molar-refractivity contribution < 1.29 is 4.39 Å². The zero-order chi connectivity index (χ0) is 10.6. The molecular weight excluding hydrogens is 245 g/mol. The third kappa shape index (κ3) is 2.93. The van der Waals surface area contributed by atoms with Crippen LogP contribution in [0.25, 0.3) is 6.08 Å². The molecule has 76 valence electrons. The van der Waals surface area contributed by atoms with E-state index in [1.165, 1.54) is 6.92 Å². The first kappa shape index (κ1) is 11.4. The fourth-order valence-electron chi connectivity index (χ4n) is 1.17. The molecule has 2 N–H and O–H groups in total. The van der Waals surface area contributed by atoms with Gasteiger partial charge in [0, 0.05) is 11.0 Å². The van der Waals surface area contributed by atoms with Crippen LogP contribution in [0.1, 0.15) is 24.2 Å². The van der Waals surface area contributed by atoms with E-state index in [0.717, 1.165) is 10.0 Å². The Morgan fingerprint density at radius 1 is 1.57 bits per heavy atom. The van der Waals surface area contributed by atoms with Crippen LogP contribution in [0.3, 0.4) is 0 Å². The van der Waals surface area contributed by atoms with Gasteiger partial charge in [0.1, 0.15) is 6.17 Å². The van der Waals surface area contributed by atoms with Crippen molar-refractivity contribution in [2.24, 2.45) is 5.73 Å². The smallest absolute Gasteiger partial charge is 0.123 e. The van der Waals surface area contributed by atoms with Crippen molar-refractivity contribution in [3.8, 4) is 0 Å². The van der Waals surface area contributed by atoms with Gasteiger partial charge in [-0.15, -0.1) is 0 Å². The lowest BCUT2D eigenvalue weighted by Crippen LogP contribution is -1.92. The predicted octanol–water partition coefficient (Wildman–Crippen LogP) is 3.45. The monoisotopic (exact) mass is 257 g/mol. The Morgan fingerprint density at radius 3 is 2.79 bits per heavy atom. The summed E-state index contributed by atoms with van der Waals surface area (Å²) in [7, 11) is 0. The third-order valence-corrected chi connectivity index (χ3v) is 2.59. The van der Waals surface area contributed by atoms with E-state index in [1.54, 1.807) is 6.07 Å². The molecule has 0 heterocycles. The van der Waals surface area contributed by atoms with E-state index >= 15 is 0 Å². The van der Waals surface area contributed by atoms with Crippen LogP contribution in [-0.2, 0) is 0 Å². The van der Waals surface area contributed by atoms with Crippen LogP contribution in [0, 0.1) is 0 Å². The number of halogens is 2. The highest BCUT2D eigenvalue weighted by Crippen LogP contribution is 2.27. The maximum Gasteiger partial charge on any atom is 0.123 e. The minimum atomic E-state index is -0.947. The van der Waals surface area contributed by atoms with Crippen molar-refractivity contribution in [3.05, 3.63) is 39.9 Å². The summed E-state index contributed by atoms with van der Waals surface area (Å²) >= 11 is 3.33. The lowest BCUT2D eigenvalue weighted by molar-refractivity contribution is 0.373. The van der Waals surface area contributed by atoms with Crippen LogP contribution in [0.5, 0.6) is 0 Å². The number of hydrogen-bond donors (Lipinski definition) is 1. The lowest BCUT2D eigenvalue weighted by Gasteiger charge is -2.05. The van der Waals surface area contributed by atoms with E-state index < -0.39 is 6.17 Å². The van der Waals surface area contributed by atoms with E-state index in [1.807, 2.05) is 24.3 Å². The molecule has 1 atom stereocenters. The summed E-state index contributed by atoms with van der Waals surface area (Å²) in [6.07, 6.45) is 2.83. The zero-order valence-electron chi connectivity index (χ0n) is 8.00. The van der Waals surface area contributed by atoms with Crippen LogP contribution >= 0.6 is 15.9 Å². The van der Waals surface area contributed by atoms with E-state index in [4.69, 9.17) is 5.73 Å². The van der Waals surface area contributed by atoms with Crippen molar-refractivity contribution in [3.63, 3.8) is 0 Å². The fraction of sp³-hybridized carbons (Fsp3) is 0.273. The quantitative estimate of drug-likeness (QED) is 0.882. The van der Waals surface area contributed by atoms with Crippen molar-refractivity contribution >= 4 is 22.0 Å². The average molecular weight is 258 g/mol. The van der Waals surface area contributed by atoms with Gasteiger partial charge < -0.3 is 5.73 Å². The molecule has 0 aromatic heterocycles. The third-order valence-electron chi connectivity index (χ3n) is 1.90. The Balaban J connectivity index is 2.94. The maximum atomic E-state index is 13.0. The van der Waals surface area contributed by atoms with E-state index in [-0.39, 0.29) is 0 Å². The molecule has 1 unspecified atom stereocenters. The molecule has 0 amide bonds. The van der Waals surface area contributed by atoms with Gasteiger partial charge in [0.2, 0.25) is 0 Å². The highest BCUT2D eigenvalue weighted by atomic mass is 79.9. The van der Waals surface area contributed by atoms with Crippen LogP contribution in [-0.4, -0.2) is 6.54 Å². The van der Waals surface area contributed by atoms with Crippen molar-refractivity contribution in [1.82, 2.24) is 0 Å². The molecule has 1 rings (SSSR count). The highest BCUT2D eigenvalue weighted by molar-refractivity contribution is 9.10. The normalized spacial score (nSPS) is 13.4. The molecule has 0 spiro atoms. The van der Waals surface area contributed by atoms with Gasteiger partial charge in [0.25, 0.3) is 0 Å². The first-order chi connectivity index (χ1) is 6.65. The second-order valence-electron chi connectivity index (χ2n) is 3.04. The van der Waals surface area contributed by atoms with Gasteiger partial charge in [-0.05, 0) is 24.1 Å². The average Bonchev–Trinajstić information content (AvgIpc) is 2.14. The SMILES string of the molecule is CC(F)c1ccc(/C=C/CN)cc1Br. The summed E-state index contributed by atoms with van der Waals surface area (Å²) in [6.45, 7) is 2.04. The zero-order valence-corrected chi connectivity index (χ0v) is 9.59. The lowest BCUT2D eigenvalue weighted by atomic mass is 10.1. The Bertz CT molecular complexity index is 334. The molecule has 1 nitrogen and oxygen atoms in total. The minimum absolute atomic E-state index is 0.513. The van der Waals surface area contributed by atoms with Crippen LogP contribution in [0.4, 0.5) is 4.39 Å². The van der Waals surface area contributed by atoms with Gasteiger partial charge in [-0.3, -0.25) is 0 Å². The van der Waals surface area contributed by atoms with Gasteiger partial charge in [-0.25, -0.2) is 4.39 Å². The number of rotatable bonds is 3. The van der Waals surface area contributed by atoms with Crippen LogP contribution < -0.4 is 5.73 Å². The summed E-state index contributed by atoms with van der Waals surface area (Å²) < 4.78 is 13.8. The fourth-order valence-corrected chi connectivity index (χ4v) is 1.89. The summed E-state index contributed by atoms with van der Waals surface area (Å²) in [5, 5.41) is 0. The van der Waals surface area contributed by atoms with Crippen molar-refractivity contribution in [1.29, 1.82) is 0 Å². The topological polar surface area (TPSA) is 26.0 Å². The van der Waals surface area contributed by atoms with Crippen molar-refractivity contribution in [2.75, 3.05) is 6.54 Å². The Morgan fingerprint density at radius 2 is 2.29 bits per heavy atom. The van der Waals surface area contributed by atoms with Gasteiger partial charge in [0.15, 0.2) is 0 Å². The van der Waals surface area contributed by atoms with Gasteiger partial charge in [-0.1, -0.05) is 40.2 Å². The molecule has 0 aliphatic rings. The summed E-state index contributed by atoms with van der Waals surface area (Å²) in [6, 6.07) is 5.55. The summed E-state index contributed by atoms with van der Waals surface area (Å²) in [4.78, 5) is 0. The molecule has 0 saturated carbocycles. The molecule has 1 aromatic rings. The number of hydrogen-bond acceptors (Lipinski definition) is 1. The number of nitrogens with two attached hydrogens (primary N) is 1. The Labute approximate surface area is 91.9 Å². The molecule has 0 aliphatic carbocycles. The van der Waals surface area contributed by atoms with Gasteiger partial charge >= 0.3 is 0 Å². The maximum absolute atomic E-state index is 13.0. The van der Waals surface area contributed by atoms with Crippen LogP contribution in [0.15, 0.2) is 28.7 Å². The molecule has 0 saturated heterocycles. The highest BCUT2D eigenvalue weighted by Gasteiger charge is 2.06. The number of benzene rings is 1. The molecule has 14 heavy (non-hydrogen) atoms. The number of alkyl halides is 1. The molecule has 0 bridgehead atoms. The summed E-state index contributed by atoms with van der Waals surface area (Å²) in [5.74, 6) is 0. The van der Waals surface area contributed by atoms with E-state index in [2.05, 4.69) is 15.9 Å². The second-order valence-corrected chi connectivity index (χ2v) is 3.89. The van der Waals surface area contributed by atoms with Gasteiger partial charge in [-0.2, -0.15) is 0 Å². The Kier molecular flexibility index (Phi) is 4.29. The first-order valence-electron chi connectivity index (χ1n) is 4.45. The largest absolute Gasteiger partial charge is 0.327 e. The van der Waals surface area contributed by atoms with Gasteiger partial charge in [0.05, 0.1) is 0 Å². The summed E-state index contributed by atoms with van der Waals surface area (Å²) in [5.41, 5.74) is 7.03. The van der Waals surface area contributed by atoms with E-state index in [0.29, 0.717) is 12.1 Å². The molecule has 1 aromatic carbocycles. The second kappa shape index (κ2) is 5.27. The molecule has 3 heteroatoms. The first-order valence-corrected chi connectivity index (χ1v) is 5.24. The standard InChI is InChI=1S/C11H13BrFN/c1-8(13)10-5-4-9(3-2-6-14)7-11(10)12/h2-5,7-8H,6,14H2,1H3/b3-2+. The molecular formula is C11H13BrFN. The van der Waals surface area contributed by atoms with Crippen LogP contribution in [0.2, 0.25) is 0 Å². The predicted molar refractivity (Wildman–Crippen MR) is 61.8 cm³/mol. The minimum Gasteiger partial charge on any atom is -0.327 e. The van der Waals surface area contributed by atoms with E-state index in [9.17, 15) is 4.39 Å². The van der Waals surface area contributed by atoms with Crippen molar-refractivity contribution in [2.45, 2.75) is 13.1 Å². The molecule has 0 fully saturated rings. The molecule has 0 radical (unpaired) electrons. The Hall–Kier alpha value is -0.670. The molecule has 0 aliphatic heterocycles.